The highest BCUT2D eigenvalue weighted by atomic mass is 16.1. The van der Waals surface area contributed by atoms with Crippen LogP contribution in [0.15, 0.2) is 36.4 Å². The Morgan fingerprint density at radius 3 is 1.67 bits per heavy atom. The topological polar surface area (TPSA) is 60.2 Å². The number of anilines is 1. The second-order valence-electron chi connectivity index (χ2n) is 4.70. The first-order valence-corrected chi connectivity index (χ1v) is 6.31. The lowest BCUT2D eigenvalue weighted by Gasteiger charge is -1.97. The lowest BCUT2D eigenvalue weighted by Crippen LogP contribution is -1.90. The van der Waals surface area contributed by atoms with Crippen LogP contribution in [0.2, 0.25) is 0 Å². The van der Waals surface area contributed by atoms with Gasteiger partial charge in [-0.1, -0.05) is 19.6 Å². The molecule has 0 spiro atoms. The van der Waals surface area contributed by atoms with Crippen molar-refractivity contribution in [2.45, 2.75) is 28.2 Å². The van der Waals surface area contributed by atoms with Gasteiger partial charge in [0, 0.05) is 16.8 Å². The summed E-state index contributed by atoms with van der Waals surface area (Å²) in [5.74, 6) is 0. The molecule has 21 heavy (non-hydrogen) atoms. The minimum absolute atomic E-state index is 0. The number of rotatable bonds is 2. The van der Waals surface area contributed by atoms with Crippen LogP contribution in [0.25, 0.3) is 0 Å². The summed E-state index contributed by atoms with van der Waals surface area (Å²) in [7, 11) is 0. The van der Waals surface area contributed by atoms with E-state index in [0.717, 1.165) is 29.4 Å². The second-order valence-corrected chi connectivity index (χ2v) is 4.70. The molecule has 0 heterocycles. The highest BCUT2D eigenvalue weighted by Gasteiger charge is 1.93. The largest absolute Gasteiger partial charge is 0.399 e. The van der Waals surface area contributed by atoms with Crippen LogP contribution in [0, 0.1) is 20.8 Å². The van der Waals surface area contributed by atoms with Crippen molar-refractivity contribution in [1.82, 2.24) is 0 Å². The zero-order valence-corrected chi connectivity index (χ0v) is 12.0. The Morgan fingerprint density at radius 2 is 1.24 bits per heavy atom. The molecule has 0 aliphatic carbocycles. The molecule has 0 fully saturated rings. The van der Waals surface area contributed by atoms with Gasteiger partial charge in [-0.3, -0.25) is 9.59 Å². The van der Waals surface area contributed by atoms with E-state index in [2.05, 4.69) is 0 Å². The fourth-order valence-corrected chi connectivity index (χ4v) is 1.61. The lowest BCUT2D eigenvalue weighted by atomic mass is 10.1. The minimum atomic E-state index is 0. The van der Waals surface area contributed by atoms with Gasteiger partial charge >= 0.3 is 0 Å². The number of nitrogens with two attached hydrogens (primary N) is 1. The molecule has 0 saturated carbocycles. The van der Waals surface area contributed by atoms with Gasteiger partial charge in [-0.2, -0.15) is 0 Å². The number of hydrogen-bond acceptors (Lipinski definition) is 3. The van der Waals surface area contributed by atoms with Crippen LogP contribution in [-0.4, -0.2) is 12.6 Å². The molecule has 2 aromatic carbocycles. The van der Waals surface area contributed by atoms with Crippen molar-refractivity contribution in [1.29, 1.82) is 0 Å². The Morgan fingerprint density at radius 1 is 0.762 bits per heavy atom. The van der Waals surface area contributed by atoms with Gasteiger partial charge in [0.05, 0.1) is 0 Å². The van der Waals surface area contributed by atoms with Gasteiger partial charge in [-0.05, 0) is 61.7 Å². The van der Waals surface area contributed by atoms with Crippen LogP contribution >= 0.6 is 0 Å². The predicted octanol–water partition coefficient (Wildman–Crippen LogP) is 4.14. The lowest BCUT2D eigenvalue weighted by molar-refractivity contribution is 0.111. The number of nitrogen functional groups attached to an aromatic ring is 1. The van der Waals surface area contributed by atoms with E-state index in [1.165, 1.54) is 11.1 Å². The van der Waals surface area contributed by atoms with Crippen LogP contribution < -0.4 is 5.73 Å². The second kappa shape index (κ2) is 8.69. The normalized spacial score (nSPS) is 8.90. The van der Waals surface area contributed by atoms with Crippen LogP contribution in [0.5, 0.6) is 0 Å². The summed E-state index contributed by atoms with van der Waals surface area (Å²) in [5.41, 5.74) is 11.0. The van der Waals surface area contributed by atoms with Gasteiger partial charge < -0.3 is 5.73 Å². The molecule has 0 aromatic heterocycles. The minimum Gasteiger partial charge on any atom is -0.399 e. The van der Waals surface area contributed by atoms with Crippen molar-refractivity contribution in [2.24, 2.45) is 0 Å². The molecule has 0 saturated heterocycles. The summed E-state index contributed by atoms with van der Waals surface area (Å²) in [6.07, 6.45) is 1.68. The molecule has 2 N–H and O–H groups in total. The summed E-state index contributed by atoms with van der Waals surface area (Å²) in [4.78, 5) is 20.5. The van der Waals surface area contributed by atoms with E-state index in [4.69, 9.17) is 5.73 Å². The Labute approximate surface area is 126 Å². The SMILES string of the molecule is C.Cc1cc(C=O)ccc1N.Cc1ccc(C=O)cc1C. The number of carbonyl (C=O) groups is 2. The van der Waals surface area contributed by atoms with E-state index in [9.17, 15) is 9.59 Å². The predicted molar refractivity (Wildman–Crippen MR) is 89.0 cm³/mol. The zero-order chi connectivity index (χ0) is 15.1. The summed E-state index contributed by atoms with van der Waals surface area (Å²) >= 11 is 0. The smallest absolute Gasteiger partial charge is 0.150 e. The molecule has 3 heteroatoms. The molecule has 3 nitrogen and oxygen atoms in total. The maximum atomic E-state index is 10.3. The van der Waals surface area contributed by atoms with Gasteiger partial charge in [0.15, 0.2) is 0 Å². The molecular weight excluding hydrogens is 262 g/mol. The van der Waals surface area contributed by atoms with E-state index in [-0.39, 0.29) is 7.43 Å². The van der Waals surface area contributed by atoms with Crippen LogP contribution in [0.4, 0.5) is 5.69 Å². The first-order chi connectivity index (χ1) is 9.47. The van der Waals surface area contributed by atoms with Crippen molar-refractivity contribution >= 4 is 18.3 Å². The van der Waals surface area contributed by atoms with Crippen molar-refractivity contribution < 1.29 is 9.59 Å². The van der Waals surface area contributed by atoms with Gasteiger partial charge in [-0.25, -0.2) is 0 Å². The fraction of sp³-hybridized carbons (Fsp3) is 0.222. The molecule has 0 bridgehead atoms. The maximum absolute atomic E-state index is 10.3. The fourth-order valence-electron chi connectivity index (χ4n) is 1.61. The average molecular weight is 285 g/mol. The highest BCUT2D eigenvalue weighted by Crippen LogP contribution is 2.10. The monoisotopic (exact) mass is 285 g/mol. The Kier molecular flexibility index (Phi) is 7.69. The van der Waals surface area contributed by atoms with Crippen molar-refractivity contribution in [3.63, 3.8) is 0 Å². The van der Waals surface area contributed by atoms with Crippen molar-refractivity contribution in [3.8, 4) is 0 Å². The van der Waals surface area contributed by atoms with E-state index in [1.54, 1.807) is 18.2 Å². The Hall–Kier alpha value is -2.42. The summed E-state index contributed by atoms with van der Waals surface area (Å²) < 4.78 is 0. The van der Waals surface area contributed by atoms with Gasteiger partial charge in [-0.15, -0.1) is 0 Å². The number of hydrogen-bond donors (Lipinski definition) is 1. The van der Waals surface area contributed by atoms with Crippen molar-refractivity contribution in [2.75, 3.05) is 5.73 Å². The summed E-state index contributed by atoms with van der Waals surface area (Å²) in [6, 6.07) is 10.9. The first-order valence-electron chi connectivity index (χ1n) is 6.31. The summed E-state index contributed by atoms with van der Waals surface area (Å²) in [5, 5.41) is 0. The number of aryl methyl sites for hydroxylation is 3. The number of aldehydes is 2. The molecule has 0 atom stereocenters. The molecule has 0 amide bonds. The molecule has 2 rings (SSSR count). The highest BCUT2D eigenvalue weighted by molar-refractivity contribution is 5.76. The van der Waals surface area contributed by atoms with E-state index in [0.29, 0.717) is 5.56 Å². The number of carbonyl (C=O) groups excluding carboxylic acids is 2. The quantitative estimate of drug-likeness (QED) is 0.666. The molecule has 0 aliphatic rings. The molecule has 2 aromatic rings. The summed E-state index contributed by atoms with van der Waals surface area (Å²) in [6.45, 7) is 5.91. The van der Waals surface area contributed by atoms with Crippen LogP contribution in [0.3, 0.4) is 0 Å². The van der Waals surface area contributed by atoms with Crippen LogP contribution in [0.1, 0.15) is 44.8 Å². The van der Waals surface area contributed by atoms with Crippen molar-refractivity contribution in [3.05, 3.63) is 64.2 Å². The van der Waals surface area contributed by atoms with E-state index in [1.807, 2.05) is 39.0 Å². The number of benzene rings is 2. The van der Waals surface area contributed by atoms with Gasteiger partial charge in [0.2, 0.25) is 0 Å². The third-order valence-corrected chi connectivity index (χ3v) is 3.10. The maximum Gasteiger partial charge on any atom is 0.150 e. The molecule has 0 aliphatic heterocycles. The third kappa shape index (κ3) is 5.61. The molecule has 112 valence electrons. The molecule has 0 radical (unpaired) electrons. The van der Waals surface area contributed by atoms with Crippen LogP contribution in [-0.2, 0) is 0 Å². The van der Waals surface area contributed by atoms with E-state index < -0.39 is 0 Å². The third-order valence-electron chi connectivity index (χ3n) is 3.10. The Bertz CT molecular complexity index is 563. The molecule has 0 unspecified atom stereocenters. The Balaban J connectivity index is 0.000000364. The molecular formula is C18H23NO2. The standard InChI is InChI=1S/C9H10O.C8H9NO.CH4/c1-7-3-4-9(6-10)5-8(7)2;1-6-4-7(5-10)2-3-8(6)9;/h3-6H,1-2H3;2-5H,9H2,1H3;1H4. The first kappa shape index (κ1) is 18.6. The zero-order valence-electron chi connectivity index (χ0n) is 12.0. The average Bonchev–Trinajstić information content (AvgIpc) is 2.45. The van der Waals surface area contributed by atoms with Gasteiger partial charge in [0.25, 0.3) is 0 Å². The van der Waals surface area contributed by atoms with Gasteiger partial charge in [0.1, 0.15) is 12.6 Å². The van der Waals surface area contributed by atoms with E-state index >= 15 is 0 Å².